The van der Waals surface area contributed by atoms with E-state index in [0.29, 0.717) is 0 Å². The summed E-state index contributed by atoms with van der Waals surface area (Å²) >= 11 is 0. The summed E-state index contributed by atoms with van der Waals surface area (Å²) in [6.45, 7) is 8.63. The van der Waals surface area contributed by atoms with Gasteiger partial charge in [0, 0.05) is 5.56 Å². The van der Waals surface area contributed by atoms with Crippen LogP contribution in [0, 0.1) is 11.8 Å². The first kappa shape index (κ1) is 15.9. The van der Waals surface area contributed by atoms with Crippen LogP contribution in [0.25, 0.3) is 0 Å². The Hall–Kier alpha value is -1.18. The molecule has 0 bridgehead atoms. The molecule has 1 aromatic rings. The molecule has 0 heterocycles. The molecule has 0 spiro atoms. The van der Waals surface area contributed by atoms with Gasteiger partial charge < -0.3 is 9.47 Å². The van der Waals surface area contributed by atoms with E-state index in [9.17, 15) is 0 Å². The maximum atomic E-state index is 5.54. The maximum Gasteiger partial charge on any atom is 0.164 e. The highest BCUT2D eigenvalue weighted by molar-refractivity contribution is 5.52. The zero-order valence-corrected chi connectivity index (χ0v) is 13.2. The van der Waals surface area contributed by atoms with Crippen molar-refractivity contribution < 1.29 is 9.47 Å². The van der Waals surface area contributed by atoms with Gasteiger partial charge in [0.2, 0.25) is 0 Å². The molecular formula is C17H28O2. The highest BCUT2D eigenvalue weighted by atomic mass is 16.5. The normalized spacial score (nSPS) is 20.9. The SMILES string of the molecule is CC.CC[C@@H]1Cc2c(ccc(OC)c2OC)C[C@H]1C. The van der Waals surface area contributed by atoms with Crippen molar-refractivity contribution in [3.8, 4) is 11.5 Å². The first-order chi connectivity index (χ1) is 9.21. The van der Waals surface area contributed by atoms with E-state index in [0.717, 1.165) is 36.2 Å². The van der Waals surface area contributed by atoms with Gasteiger partial charge in [-0.15, -0.1) is 0 Å². The molecule has 0 unspecified atom stereocenters. The first-order valence-electron chi connectivity index (χ1n) is 7.44. The molecule has 0 radical (unpaired) electrons. The molecule has 1 aliphatic carbocycles. The van der Waals surface area contributed by atoms with Crippen molar-refractivity contribution in [1.82, 2.24) is 0 Å². The largest absolute Gasteiger partial charge is 0.493 e. The van der Waals surface area contributed by atoms with E-state index in [4.69, 9.17) is 9.47 Å². The fraction of sp³-hybridized carbons (Fsp3) is 0.647. The molecule has 1 aromatic carbocycles. The zero-order chi connectivity index (χ0) is 14.4. The van der Waals surface area contributed by atoms with Crippen molar-refractivity contribution in [2.45, 2.75) is 47.0 Å². The van der Waals surface area contributed by atoms with Crippen molar-refractivity contribution in [2.24, 2.45) is 11.8 Å². The van der Waals surface area contributed by atoms with Crippen LogP contribution >= 0.6 is 0 Å². The van der Waals surface area contributed by atoms with Gasteiger partial charge in [-0.3, -0.25) is 0 Å². The Morgan fingerprint density at radius 3 is 2.32 bits per heavy atom. The molecular weight excluding hydrogens is 236 g/mol. The van der Waals surface area contributed by atoms with Crippen LogP contribution < -0.4 is 9.47 Å². The summed E-state index contributed by atoms with van der Waals surface area (Å²) in [5.41, 5.74) is 2.79. The molecule has 2 nitrogen and oxygen atoms in total. The minimum absolute atomic E-state index is 0.767. The Kier molecular flexibility index (Phi) is 6.20. The second-order valence-electron chi connectivity index (χ2n) is 4.99. The third-order valence-electron chi connectivity index (χ3n) is 4.08. The van der Waals surface area contributed by atoms with Crippen LogP contribution in [0.3, 0.4) is 0 Å². The van der Waals surface area contributed by atoms with Gasteiger partial charge in [-0.25, -0.2) is 0 Å². The van der Waals surface area contributed by atoms with E-state index >= 15 is 0 Å². The third kappa shape index (κ3) is 3.23. The van der Waals surface area contributed by atoms with E-state index in [1.54, 1.807) is 14.2 Å². The Labute approximate surface area is 118 Å². The van der Waals surface area contributed by atoms with Gasteiger partial charge in [0.15, 0.2) is 11.5 Å². The lowest BCUT2D eigenvalue weighted by atomic mass is 9.75. The van der Waals surface area contributed by atoms with Gasteiger partial charge in [0.1, 0.15) is 0 Å². The summed E-state index contributed by atoms with van der Waals surface area (Å²) in [5, 5.41) is 0. The summed E-state index contributed by atoms with van der Waals surface area (Å²) in [4.78, 5) is 0. The van der Waals surface area contributed by atoms with Crippen LogP contribution in [0.4, 0.5) is 0 Å². The molecule has 1 aliphatic rings. The molecule has 19 heavy (non-hydrogen) atoms. The monoisotopic (exact) mass is 264 g/mol. The van der Waals surface area contributed by atoms with Gasteiger partial charge in [-0.05, 0) is 36.3 Å². The maximum absolute atomic E-state index is 5.54. The molecule has 0 aromatic heterocycles. The van der Waals surface area contributed by atoms with Crippen molar-refractivity contribution in [3.63, 3.8) is 0 Å². The predicted molar refractivity (Wildman–Crippen MR) is 81.2 cm³/mol. The Balaban J connectivity index is 0.000000861. The lowest BCUT2D eigenvalue weighted by Gasteiger charge is -2.31. The van der Waals surface area contributed by atoms with E-state index < -0.39 is 0 Å². The molecule has 2 rings (SSSR count). The highest BCUT2D eigenvalue weighted by Gasteiger charge is 2.27. The highest BCUT2D eigenvalue weighted by Crippen LogP contribution is 2.41. The second-order valence-corrected chi connectivity index (χ2v) is 4.99. The lowest BCUT2D eigenvalue weighted by Crippen LogP contribution is -2.23. The average molecular weight is 264 g/mol. The summed E-state index contributed by atoms with van der Waals surface area (Å²) in [7, 11) is 3.43. The van der Waals surface area contributed by atoms with Crippen molar-refractivity contribution in [3.05, 3.63) is 23.3 Å². The molecule has 2 heteroatoms. The molecule has 0 saturated carbocycles. The van der Waals surface area contributed by atoms with Gasteiger partial charge >= 0.3 is 0 Å². The van der Waals surface area contributed by atoms with Crippen LogP contribution in [0.2, 0.25) is 0 Å². The van der Waals surface area contributed by atoms with Crippen molar-refractivity contribution in [2.75, 3.05) is 14.2 Å². The van der Waals surface area contributed by atoms with Gasteiger partial charge in [-0.2, -0.15) is 0 Å². The summed E-state index contributed by atoms with van der Waals surface area (Å²) in [6.07, 6.45) is 3.52. The van der Waals surface area contributed by atoms with E-state index in [-0.39, 0.29) is 0 Å². The molecule has 0 N–H and O–H groups in total. The Morgan fingerprint density at radius 1 is 1.11 bits per heavy atom. The number of rotatable bonds is 3. The van der Waals surface area contributed by atoms with Crippen LogP contribution in [-0.4, -0.2) is 14.2 Å². The minimum atomic E-state index is 0.767. The standard InChI is InChI=1S/C15H22O2.C2H6/c1-5-11-9-13-12(8-10(11)2)6-7-14(16-3)15(13)17-4;1-2/h6-7,10-11H,5,8-9H2,1-4H3;1-2H3/t10-,11-;/m1./s1. The van der Waals surface area contributed by atoms with E-state index in [1.165, 1.54) is 17.5 Å². The molecule has 0 aliphatic heterocycles. The first-order valence-corrected chi connectivity index (χ1v) is 7.44. The summed E-state index contributed by atoms with van der Waals surface area (Å²) in [5.74, 6) is 3.33. The Morgan fingerprint density at radius 2 is 1.79 bits per heavy atom. The quantitative estimate of drug-likeness (QED) is 0.800. The number of hydrogen-bond donors (Lipinski definition) is 0. The zero-order valence-electron chi connectivity index (χ0n) is 13.2. The predicted octanol–water partition coefficient (Wildman–Crippen LogP) is 4.49. The van der Waals surface area contributed by atoms with E-state index in [2.05, 4.69) is 19.9 Å². The fourth-order valence-corrected chi connectivity index (χ4v) is 2.97. The lowest BCUT2D eigenvalue weighted by molar-refractivity contribution is 0.305. The fourth-order valence-electron chi connectivity index (χ4n) is 2.97. The third-order valence-corrected chi connectivity index (χ3v) is 4.08. The number of ether oxygens (including phenoxy) is 2. The van der Waals surface area contributed by atoms with Gasteiger partial charge in [0.05, 0.1) is 14.2 Å². The van der Waals surface area contributed by atoms with Crippen molar-refractivity contribution in [1.29, 1.82) is 0 Å². The van der Waals surface area contributed by atoms with Gasteiger partial charge in [0.25, 0.3) is 0 Å². The topological polar surface area (TPSA) is 18.5 Å². The van der Waals surface area contributed by atoms with Crippen LogP contribution in [0.1, 0.15) is 45.2 Å². The summed E-state index contributed by atoms with van der Waals surface area (Å²) < 4.78 is 10.9. The number of benzene rings is 1. The number of fused-ring (bicyclic) bond motifs is 1. The van der Waals surface area contributed by atoms with Crippen molar-refractivity contribution >= 4 is 0 Å². The van der Waals surface area contributed by atoms with Crippen LogP contribution in [0.15, 0.2) is 12.1 Å². The average Bonchev–Trinajstić information content (AvgIpc) is 2.47. The second kappa shape index (κ2) is 7.42. The number of hydrogen-bond acceptors (Lipinski definition) is 2. The molecule has 108 valence electrons. The molecule has 0 amide bonds. The summed E-state index contributed by atoms with van der Waals surface area (Å²) in [6, 6.07) is 4.22. The van der Waals surface area contributed by atoms with E-state index in [1.807, 2.05) is 19.9 Å². The number of methoxy groups -OCH3 is 2. The Bertz CT molecular complexity index is 398. The molecule has 0 fully saturated rings. The molecule has 0 saturated heterocycles. The smallest absolute Gasteiger partial charge is 0.164 e. The molecule has 2 atom stereocenters. The minimum Gasteiger partial charge on any atom is -0.493 e. The van der Waals surface area contributed by atoms with Gasteiger partial charge in [-0.1, -0.05) is 40.2 Å². The van der Waals surface area contributed by atoms with Crippen LogP contribution in [-0.2, 0) is 12.8 Å². The van der Waals surface area contributed by atoms with Crippen LogP contribution in [0.5, 0.6) is 11.5 Å².